The number of halogens is 3. The number of allylic oxidation sites excluding steroid dienone is 2. The van der Waals surface area contributed by atoms with E-state index in [1.54, 1.807) is 0 Å². The average molecular weight is 673 g/mol. The molecule has 0 atom stereocenters. The van der Waals surface area contributed by atoms with Gasteiger partial charge < -0.3 is 11.1 Å². The van der Waals surface area contributed by atoms with Crippen molar-refractivity contribution >= 4 is 67.8 Å². The zero-order valence-corrected chi connectivity index (χ0v) is 17.5. The number of hydrogen-bond donors (Lipinski definition) is 1. The first-order valence-electron chi connectivity index (χ1n) is 2.50. The summed E-state index contributed by atoms with van der Waals surface area (Å²) in [6, 6.07) is 0. The summed E-state index contributed by atoms with van der Waals surface area (Å²) in [5, 5.41) is 4.12. The van der Waals surface area contributed by atoms with Gasteiger partial charge in [-0.25, -0.2) is 0 Å². The van der Waals surface area contributed by atoms with Crippen LogP contribution in [0.5, 0.6) is 0 Å². The molecular weight excluding hydrogens is 669 g/mol. The first-order chi connectivity index (χ1) is 4.63. The number of nitrogens with two attached hydrogens (primary N) is 1. The molecule has 11 heavy (non-hydrogen) atoms. The predicted octanol–water partition coefficient (Wildman–Crippen LogP) is 3.02. The van der Waals surface area contributed by atoms with Crippen molar-refractivity contribution in [2.45, 2.75) is 0 Å². The van der Waals surface area contributed by atoms with Gasteiger partial charge >= 0.3 is 27.7 Å². The molecule has 0 aromatic heterocycles. The molecule has 0 amide bonds. The van der Waals surface area contributed by atoms with Gasteiger partial charge in [0.15, 0.2) is 0 Å². The molecule has 0 aromatic rings. The Morgan fingerprint density at radius 1 is 1.18 bits per heavy atom. The van der Waals surface area contributed by atoms with Gasteiger partial charge in [0.05, 0.1) is 0 Å². The minimum Gasteiger partial charge on any atom is -0.494 e. The molecule has 0 spiro atoms. The monoisotopic (exact) mass is 675 g/mol. The minimum atomic E-state index is 0. The summed E-state index contributed by atoms with van der Waals surface area (Å²) in [6.07, 6.45) is 0. The van der Waals surface area contributed by atoms with Crippen molar-refractivity contribution in [1.29, 1.82) is 0 Å². The van der Waals surface area contributed by atoms with Gasteiger partial charge in [-0.3, -0.25) is 0 Å². The summed E-state index contributed by atoms with van der Waals surface area (Å²) in [7, 11) is 0. The van der Waals surface area contributed by atoms with Crippen LogP contribution >= 0.6 is 67.8 Å². The van der Waals surface area contributed by atoms with E-state index in [1.165, 1.54) is 7.16 Å². The Kier molecular flexibility index (Phi) is 7.01. The largest absolute Gasteiger partial charge is 1.00 e. The van der Waals surface area contributed by atoms with E-state index in [0.717, 1.165) is 10.1 Å². The molecule has 1 aliphatic heterocycles. The molecule has 0 aromatic carbocycles. The molecule has 2 N–H and O–H groups in total. The molecule has 0 fully saturated rings. The Bertz CT molecular complexity index is 200. The fourth-order valence-corrected chi connectivity index (χ4v) is 2.42. The van der Waals surface area contributed by atoms with Crippen LogP contribution in [0.2, 0.25) is 0 Å². The normalized spacial score (nSPS) is 17.7. The van der Waals surface area contributed by atoms with Crippen molar-refractivity contribution in [3.05, 3.63) is 21.9 Å². The smallest absolute Gasteiger partial charge is 0.494 e. The molecule has 2 nitrogen and oxygen atoms in total. The van der Waals surface area contributed by atoms with Gasteiger partial charge in [-0.2, -0.15) is 0 Å². The fraction of sp³-hybridized carbons (Fsp3) is 0.200. The number of hydrogen-bond acceptors (Lipinski definition) is 1. The number of nitrogens with zero attached hydrogens (tertiary/aromatic N) is 1. The first kappa shape index (κ1) is 13.2. The van der Waals surface area contributed by atoms with Crippen LogP contribution in [0.1, 0.15) is 0 Å². The molecule has 0 aliphatic carbocycles. The molecule has 1 rings (SSSR count). The van der Waals surface area contributed by atoms with Crippen LogP contribution in [0.25, 0.3) is 5.32 Å². The van der Waals surface area contributed by atoms with Crippen molar-refractivity contribution in [3.8, 4) is 0 Å². The summed E-state index contributed by atoms with van der Waals surface area (Å²) >= 11 is 6.80. The topological polar surface area (TPSA) is 40.1 Å². The maximum absolute atomic E-state index is 5.59. The van der Waals surface area contributed by atoms with Gasteiger partial charge in [0.1, 0.15) is 0 Å². The Morgan fingerprint density at radius 3 is 2.18 bits per heavy atom. The third-order valence-electron chi connectivity index (χ3n) is 1.04. The second-order valence-corrected chi connectivity index (χ2v) is 5.19. The van der Waals surface area contributed by atoms with Gasteiger partial charge in [0, 0.05) is 10.7 Å². The number of rotatable bonds is 0. The Morgan fingerprint density at radius 2 is 1.73 bits per heavy atom. The molecular formula is C5H4HgI3N2. The summed E-state index contributed by atoms with van der Waals surface area (Å²) in [6.45, 7) is 0.747. The van der Waals surface area contributed by atoms with E-state index < -0.39 is 0 Å². The van der Waals surface area contributed by atoms with Gasteiger partial charge in [-0.05, 0) is 74.3 Å². The first-order valence-corrected chi connectivity index (χ1v) is 5.74. The van der Waals surface area contributed by atoms with Crippen molar-refractivity contribution < 1.29 is 27.7 Å². The van der Waals surface area contributed by atoms with Crippen molar-refractivity contribution in [2.24, 2.45) is 5.73 Å². The van der Waals surface area contributed by atoms with Gasteiger partial charge in [0.2, 0.25) is 0 Å². The molecule has 0 saturated heterocycles. The molecule has 0 bridgehead atoms. The van der Waals surface area contributed by atoms with E-state index >= 15 is 0 Å². The van der Waals surface area contributed by atoms with Crippen LogP contribution in [-0.4, -0.2) is 6.54 Å². The second kappa shape index (κ2) is 5.84. The maximum atomic E-state index is 5.59. The van der Waals surface area contributed by atoms with Crippen molar-refractivity contribution in [1.82, 2.24) is 0 Å². The quantitative estimate of drug-likeness (QED) is 0.312. The Balaban J connectivity index is 0.000001000. The van der Waals surface area contributed by atoms with Gasteiger partial charge in [-0.15, -0.1) is 0 Å². The van der Waals surface area contributed by atoms with Crippen LogP contribution in [0.4, 0.5) is 0 Å². The SMILES string of the molecule is NC1=C(I)C(I)=C(I)C[N-]1.[Hg+]. The van der Waals surface area contributed by atoms with Crippen LogP contribution in [0.15, 0.2) is 16.6 Å². The maximum Gasteiger partial charge on any atom is 1.00 e. The summed E-state index contributed by atoms with van der Waals surface area (Å²) in [4.78, 5) is 0. The third-order valence-corrected chi connectivity index (χ3v) is 6.27. The molecule has 1 aliphatic rings. The summed E-state index contributed by atoms with van der Waals surface area (Å²) in [5.74, 6) is 0.672. The molecule has 0 saturated carbocycles. The molecule has 6 heteroatoms. The summed E-state index contributed by atoms with van der Waals surface area (Å²) < 4.78 is 3.59. The van der Waals surface area contributed by atoms with E-state index in [1.807, 2.05) is 0 Å². The zero-order chi connectivity index (χ0) is 7.72. The average Bonchev–Trinajstić information content (AvgIpc) is 1.93. The van der Waals surface area contributed by atoms with Crippen LogP contribution < -0.4 is 5.73 Å². The van der Waals surface area contributed by atoms with Crippen molar-refractivity contribution in [2.75, 3.05) is 6.54 Å². The second-order valence-electron chi connectivity index (χ2n) is 1.73. The Labute approximate surface area is 127 Å². The van der Waals surface area contributed by atoms with E-state index in [4.69, 9.17) is 5.73 Å². The van der Waals surface area contributed by atoms with Crippen LogP contribution in [0, 0.1) is 0 Å². The van der Waals surface area contributed by atoms with Gasteiger partial charge in [0.25, 0.3) is 0 Å². The van der Waals surface area contributed by atoms with E-state index in [-0.39, 0.29) is 27.7 Å². The zero-order valence-electron chi connectivity index (χ0n) is 5.57. The molecule has 57 valence electrons. The standard InChI is InChI=1S/C5H4I3N2.Hg/c6-2-1-10-5(9)4(8)3(2)7;/h1,9H2;/q-1;+1. The molecule has 0 unspecified atom stereocenters. The molecule has 1 heterocycles. The minimum absolute atomic E-state index is 0. The van der Waals surface area contributed by atoms with E-state index in [2.05, 4.69) is 73.1 Å². The van der Waals surface area contributed by atoms with Gasteiger partial charge in [-0.1, -0.05) is 5.82 Å². The van der Waals surface area contributed by atoms with Crippen molar-refractivity contribution in [3.63, 3.8) is 0 Å². The third kappa shape index (κ3) is 3.45. The van der Waals surface area contributed by atoms with E-state index in [9.17, 15) is 0 Å². The fourth-order valence-electron chi connectivity index (χ4n) is 0.525. The Hall–Kier alpha value is 2.21. The molecule has 1 radical (unpaired) electrons. The van der Waals surface area contributed by atoms with E-state index in [0.29, 0.717) is 5.82 Å². The van der Waals surface area contributed by atoms with Crippen LogP contribution in [-0.2, 0) is 27.7 Å². The predicted molar refractivity (Wildman–Crippen MR) is 68.5 cm³/mol. The van der Waals surface area contributed by atoms with Crippen LogP contribution in [0.3, 0.4) is 0 Å². The summed E-state index contributed by atoms with van der Waals surface area (Å²) in [5.41, 5.74) is 5.59.